The van der Waals surface area contributed by atoms with Gasteiger partial charge in [-0.1, -0.05) is 50.1 Å². The third-order valence-electron chi connectivity index (χ3n) is 5.08. The lowest BCUT2D eigenvalue weighted by atomic mass is 9.95. The standard InChI is InChI=1S/C23H24BrNO4/c1-3-4-8-13-25-20(15-9-6-5-7-10-15)19(22(27)23(25)28)21(26)16-11-12-18(29-2)17(24)14-16/h5-7,9-12,14,20,26H,3-4,8,13H2,1-2H3/b21-19-. The minimum Gasteiger partial charge on any atom is -0.507 e. The molecule has 0 bridgehead atoms. The highest BCUT2D eigenvalue weighted by Gasteiger charge is 2.45. The number of Topliss-reactive ketones (excluding diaryl/α,β-unsaturated/α-hetero) is 1. The second-order valence-electron chi connectivity index (χ2n) is 6.96. The Morgan fingerprint density at radius 2 is 1.86 bits per heavy atom. The third kappa shape index (κ3) is 4.22. The molecule has 2 aromatic carbocycles. The van der Waals surface area contributed by atoms with Crippen molar-refractivity contribution in [2.45, 2.75) is 32.2 Å². The minimum atomic E-state index is -0.653. The lowest BCUT2D eigenvalue weighted by Gasteiger charge is -2.25. The van der Waals surface area contributed by atoms with E-state index in [-0.39, 0.29) is 11.3 Å². The molecule has 2 aromatic rings. The average Bonchev–Trinajstić information content (AvgIpc) is 2.99. The van der Waals surface area contributed by atoms with Crippen LogP contribution >= 0.6 is 15.9 Å². The summed E-state index contributed by atoms with van der Waals surface area (Å²) in [6, 6.07) is 13.8. The fourth-order valence-corrected chi connectivity index (χ4v) is 4.13. The van der Waals surface area contributed by atoms with Crippen molar-refractivity contribution in [2.75, 3.05) is 13.7 Å². The summed E-state index contributed by atoms with van der Waals surface area (Å²) in [5.41, 5.74) is 1.37. The zero-order valence-electron chi connectivity index (χ0n) is 16.5. The molecule has 1 N–H and O–H groups in total. The molecule has 1 fully saturated rings. The van der Waals surface area contributed by atoms with Gasteiger partial charge in [-0.3, -0.25) is 9.59 Å². The Bertz CT molecular complexity index is 939. The summed E-state index contributed by atoms with van der Waals surface area (Å²) in [4.78, 5) is 27.3. The summed E-state index contributed by atoms with van der Waals surface area (Å²) in [6.45, 7) is 2.56. The first-order valence-corrected chi connectivity index (χ1v) is 10.5. The first-order valence-electron chi connectivity index (χ1n) is 9.66. The van der Waals surface area contributed by atoms with Crippen LogP contribution in [-0.2, 0) is 9.59 Å². The van der Waals surface area contributed by atoms with Crippen molar-refractivity contribution < 1.29 is 19.4 Å². The Morgan fingerprint density at radius 1 is 1.14 bits per heavy atom. The monoisotopic (exact) mass is 457 g/mol. The van der Waals surface area contributed by atoms with Gasteiger partial charge < -0.3 is 14.7 Å². The molecule has 1 heterocycles. The quantitative estimate of drug-likeness (QED) is 0.272. The molecule has 29 heavy (non-hydrogen) atoms. The highest BCUT2D eigenvalue weighted by molar-refractivity contribution is 9.10. The Morgan fingerprint density at radius 3 is 2.48 bits per heavy atom. The van der Waals surface area contributed by atoms with E-state index in [0.29, 0.717) is 22.3 Å². The van der Waals surface area contributed by atoms with E-state index in [4.69, 9.17) is 4.74 Å². The van der Waals surface area contributed by atoms with E-state index >= 15 is 0 Å². The number of aliphatic hydroxyl groups is 1. The van der Waals surface area contributed by atoms with E-state index in [9.17, 15) is 14.7 Å². The summed E-state index contributed by atoms with van der Waals surface area (Å²) in [6.07, 6.45) is 2.79. The van der Waals surface area contributed by atoms with Gasteiger partial charge in [-0.05, 0) is 46.1 Å². The normalized spacial score (nSPS) is 18.3. The first kappa shape index (κ1) is 21.1. The van der Waals surface area contributed by atoms with Crippen LogP contribution in [-0.4, -0.2) is 35.4 Å². The molecule has 1 amide bonds. The lowest BCUT2D eigenvalue weighted by molar-refractivity contribution is -0.139. The molecule has 1 atom stereocenters. The third-order valence-corrected chi connectivity index (χ3v) is 5.70. The molecule has 0 aromatic heterocycles. The van der Waals surface area contributed by atoms with Gasteiger partial charge in [-0.2, -0.15) is 0 Å². The predicted octanol–water partition coefficient (Wildman–Crippen LogP) is 5.07. The van der Waals surface area contributed by atoms with E-state index in [1.54, 1.807) is 30.2 Å². The van der Waals surface area contributed by atoms with Gasteiger partial charge in [-0.15, -0.1) is 0 Å². The fourth-order valence-electron chi connectivity index (χ4n) is 3.59. The summed E-state index contributed by atoms with van der Waals surface area (Å²) < 4.78 is 5.88. The molecule has 6 heteroatoms. The van der Waals surface area contributed by atoms with E-state index in [2.05, 4.69) is 22.9 Å². The summed E-state index contributed by atoms with van der Waals surface area (Å²) in [7, 11) is 1.55. The van der Waals surface area contributed by atoms with E-state index in [1.807, 2.05) is 30.3 Å². The van der Waals surface area contributed by atoms with Crippen LogP contribution in [0.15, 0.2) is 58.6 Å². The summed E-state index contributed by atoms with van der Waals surface area (Å²) in [5, 5.41) is 11.0. The van der Waals surface area contributed by atoms with Crippen molar-refractivity contribution in [3.8, 4) is 5.75 Å². The van der Waals surface area contributed by atoms with Crippen LogP contribution in [0, 0.1) is 0 Å². The van der Waals surface area contributed by atoms with Gasteiger partial charge in [0.2, 0.25) is 0 Å². The maximum absolute atomic E-state index is 12.9. The largest absolute Gasteiger partial charge is 0.507 e. The first-order chi connectivity index (χ1) is 14.0. The van der Waals surface area contributed by atoms with Crippen LogP contribution in [0.4, 0.5) is 0 Å². The number of rotatable bonds is 7. The predicted molar refractivity (Wildman–Crippen MR) is 116 cm³/mol. The van der Waals surface area contributed by atoms with Crippen LogP contribution in [0.25, 0.3) is 5.76 Å². The highest BCUT2D eigenvalue weighted by Crippen LogP contribution is 2.40. The van der Waals surface area contributed by atoms with Gasteiger partial charge >= 0.3 is 0 Å². The van der Waals surface area contributed by atoms with Crippen LogP contribution in [0.2, 0.25) is 0 Å². The van der Waals surface area contributed by atoms with E-state index in [1.165, 1.54) is 0 Å². The van der Waals surface area contributed by atoms with Crippen LogP contribution in [0.5, 0.6) is 5.75 Å². The number of amides is 1. The van der Waals surface area contributed by atoms with Crippen molar-refractivity contribution >= 4 is 33.4 Å². The van der Waals surface area contributed by atoms with E-state index < -0.39 is 17.7 Å². The molecule has 3 rings (SSSR count). The number of nitrogens with zero attached hydrogens (tertiary/aromatic N) is 1. The molecule has 5 nitrogen and oxygen atoms in total. The second-order valence-corrected chi connectivity index (χ2v) is 7.81. The molecule has 1 aliphatic heterocycles. The van der Waals surface area contributed by atoms with Gasteiger partial charge in [0.25, 0.3) is 11.7 Å². The molecule has 1 unspecified atom stereocenters. The zero-order valence-corrected chi connectivity index (χ0v) is 18.1. The molecule has 0 spiro atoms. The maximum atomic E-state index is 12.9. The van der Waals surface area contributed by atoms with Crippen molar-refractivity contribution in [2.24, 2.45) is 0 Å². The number of hydrogen-bond acceptors (Lipinski definition) is 4. The van der Waals surface area contributed by atoms with Gasteiger partial charge in [0.15, 0.2) is 0 Å². The summed E-state index contributed by atoms with van der Waals surface area (Å²) >= 11 is 3.40. The van der Waals surface area contributed by atoms with Crippen molar-refractivity contribution in [3.05, 3.63) is 69.7 Å². The molecule has 152 valence electrons. The van der Waals surface area contributed by atoms with Crippen molar-refractivity contribution in [1.82, 2.24) is 4.90 Å². The SMILES string of the molecule is CCCCCN1C(=O)C(=O)/C(=C(\O)c2ccc(OC)c(Br)c2)C1c1ccccc1. The number of ether oxygens (including phenoxy) is 1. The molecular weight excluding hydrogens is 434 g/mol. The Balaban J connectivity index is 2.11. The topological polar surface area (TPSA) is 66.8 Å². The smallest absolute Gasteiger partial charge is 0.295 e. The summed E-state index contributed by atoms with van der Waals surface area (Å²) in [5.74, 6) is -0.788. The zero-order chi connectivity index (χ0) is 21.0. The number of unbranched alkanes of at least 4 members (excludes halogenated alkanes) is 2. The molecular formula is C23H24BrNO4. The van der Waals surface area contributed by atoms with Gasteiger partial charge in [-0.25, -0.2) is 0 Å². The number of aliphatic hydroxyl groups excluding tert-OH is 1. The van der Waals surface area contributed by atoms with E-state index in [0.717, 1.165) is 24.8 Å². The maximum Gasteiger partial charge on any atom is 0.295 e. The molecule has 1 saturated heterocycles. The second kappa shape index (κ2) is 9.27. The van der Waals surface area contributed by atoms with Crippen molar-refractivity contribution in [3.63, 3.8) is 0 Å². The number of ketones is 1. The van der Waals surface area contributed by atoms with Gasteiger partial charge in [0.1, 0.15) is 11.5 Å². The number of hydrogen-bond donors (Lipinski definition) is 1. The average molecular weight is 458 g/mol. The number of benzene rings is 2. The fraction of sp³-hybridized carbons (Fsp3) is 0.304. The Labute approximate surface area is 179 Å². The van der Waals surface area contributed by atoms with Crippen molar-refractivity contribution in [1.29, 1.82) is 0 Å². The Hall–Kier alpha value is -2.60. The number of likely N-dealkylation sites (tertiary alicyclic amines) is 1. The number of carbonyl (C=O) groups excluding carboxylic acids is 2. The molecule has 0 radical (unpaired) electrons. The number of halogens is 1. The highest BCUT2D eigenvalue weighted by atomic mass is 79.9. The van der Waals surface area contributed by atoms with Gasteiger partial charge in [0.05, 0.1) is 23.2 Å². The number of carbonyl (C=O) groups is 2. The van der Waals surface area contributed by atoms with Gasteiger partial charge in [0, 0.05) is 12.1 Å². The molecule has 0 aliphatic carbocycles. The molecule has 1 aliphatic rings. The lowest BCUT2D eigenvalue weighted by Crippen LogP contribution is -2.30. The van der Waals surface area contributed by atoms with Crippen LogP contribution in [0.3, 0.4) is 0 Å². The number of methoxy groups -OCH3 is 1. The Kier molecular flexibility index (Phi) is 6.75. The minimum absolute atomic E-state index is 0.120. The van der Waals surface area contributed by atoms with Crippen LogP contribution < -0.4 is 4.74 Å². The van der Waals surface area contributed by atoms with Crippen LogP contribution in [0.1, 0.15) is 43.4 Å². The molecule has 0 saturated carbocycles.